The van der Waals surface area contributed by atoms with Gasteiger partial charge in [0.25, 0.3) is 0 Å². The molecule has 4 aromatic rings. The van der Waals surface area contributed by atoms with Crippen LogP contribution in [0.1, 0.15) is 22.3 Å². The van der Waals surface area contributed by atoms with Gasteiger partial charge in [-0.05, 0) is 101 Å². The van der Waals surface area contributed by atoms with Crippen LogP contribution in [0.3, 0.4) is 0 Å². The Hall–Kier alpha value is -3.59. The number of hydrogen-bond acceptors (Lipinski definition) is 14. The quantitative estimate of drug-likeness (QED) is 0.0388. The van der Waals surface area contributed by atoms with Crippen molar-refractivity contribution < 1.29 is 47.6 Å². The number of hydrazone groups is 2. The Balaban J connectivity index is 1.16. The molecule has 308 valence electrons. The first-order valence-corrected chi connectivity index (χ1v) is 25.9. The summed E-state index contributed by atoms with van der Waals surface area (Å²) in [5, 5.41) is 8.82. The van der Waals surface area contributed by atoms with E-state index in [4.69, 9.17) is 42.1 Å². The van der Waals surface area contributed by atoms with Crippen molar-refractivity contribution in [3.8, 4) is 23.0 Å². The molecule has 16 nitrogen and oxygen atoms in total. The van der Waals surface area contributed by atoms with Crippen molar-refractivity contribution >= 4 is 71.9 Å². The minimum absolute atomic E-state index is 0.0877. The fourth-order valence-corrected chi connectivity index (χ4v) is 8.65. The molecule has 57 heavy (non-hydrogen) atoms. The smallest absolute Gasteiger partial charge is 0.0189 e. The first kappa shape index (κ1) is 46.1. The van der Waals surface area contributed by atoms with Gasteiger partial charge in [-0.25, -0.2) is 4.78 Å². The molecule has 0 amide bonds. The molecular formula is C35H46N6O10P4S2. The molecule has 22 heteroatoms. The number of hydrogen-bond donors (Lipinski definition) is 5. The maximum Gasteiger partial charge on any atom is -0.0189 e. The molecular weight excluding hydrogens is 852 g/mol. The van der Waals surface area contributed by atoms with Gasteiger partial charge in [0, 0.05) is 13.3 Å². The Kier molecular flexibility index (Phi) is 18.2. The molecule has 0 aromatic heterocycles. The summed E-state index contributed by atoms with van der Waals surface area (Å²) in [7, 11) is -7.64. The standard InChI is InChI=1S/C35H46N6O10P4S2/c1-39(37-23-30-6-12-32(48-3)13-7-30)53(57)51-35-18-10-29(11-19-35)22-36-25-49-33-14-8-31(9-15-33)24-38-40(2)52(56)50-34-16-4-28(5-17-34)20-21-41(26-54(42,43)44)27-55(45,46)47/h4-19,22-24,42-44,52-54H,20-21,25-27H2,1-3H3,(H2,45,46,47)/b36-22?,37-23+,38-24+. The maximum atomic E-state index is 11.4. The summed E-state index contributed by atoms with van der Waals surface area (Å²) < 4.78 is 37.4. The molecule has 0 spiro atoms. The molecule has 0 aliphatic rings. The molecule has 4 rings (SSSR count). The summed E-state index contributed by atoms with van der Waals surface area (Å²) in [6, 6.07) is 29.3. The molecule has 0 fully saturated rings. The second kappa shape index (κ2) is 22.5. The molecule has 0 saturated carbocycles. The Morgan fingerprint density at radius 3 is 1.60 bits per heavy atom. The van der Waals surface area contributed by atoms with Crippen LogP contribution in [0.5, 0.6) is 23.0 Å². The van der Waals surface area contributed by atoms with Crippen molar-refractivity contribution in [2.75, 3.05) is 47.1 Å². The molecule has 4 aromatic carbocycles. The third-order valence-corrected chi connectivity index (χ3v) is 13.4. The van der Waals surface area contributed by atoms with Crippen LogP contribution in [-0.4, -0.2) is 105 Å². The molecule has 5 N–H and O–H groups in total. The first-order valence-electron chi connectivity index (χ1n) is 17.0. The number of aliphatic imine (C=N–C) groups is 1. The molecule has 0 aliphatic carbocycles. The molecule has 0 heterocycles. The van der Waals surface area contributed by atoms with Crippen LogP contribution in [0, 0.1) is 0 Å². The third-order valence-electron chi connectivity index (χ3n) is 7.58. The van der Waals surface area contributed by atoms with Crippen molar-refractivity contribution in [3.63, 3.8) is 0 Å². The van der Waals surface area contributed by atoms with Crippen molar-refractivity contribution in [3.05, 3.63) is 119 Å². The van der Waals surface area contributed by atoms with Gasteiger partial charge >= 0.3 is 151 Å². The van der Waals surface area contributed by atoms with E-state index in [1.165, 1.54) is 0 Å². The first-order chi connectivity index (χ1) is 27.0. The molecule has 0 aliphatic heterocycles. The van der Waals surface area contributed by atoms with Gasteiger partial charge in [-0.2, -0.15) is 5.10 Å². The average Bonchev–Trinajstić information content (AvgIpc) is 3.17. The van der Waals surface area contributed by atoms with Crippen LogP contribution in [0.25, 0.3) is 0 Å². The van der Waals surface area contributed by atoms with Gasteiger partial charge in [0.05, 0.1) is 19.5 Å². The summed E-state index contributed by atoms with van der Waals surface area (Å²) in [6.07, 6.45) is 4.11. The summed E-state index contributed by atoms with van der Waals surface area (Å²) in [4.78, 5) is 52.2. The van der Waals surface area contributed by atoms with E-state index in [9.17, 15) is 29.0 Å². The van der Waals surface area contributed by atoms with E-state index >= 15 is 0 Å². The van der Waals surface area contributed by atoms with Crippen LogP contribution >= 0.6 is 29.7 Å². The van der Waals surface area contributed by atoms with Gasteiger partial charge in [0.2, 0.25) is 7.07 Å². The van der Waals surface area contributed by atoms with Crippen LogP contribution in [0.2, 0.25) is 0 Å². The number of benzene rings is 4. The van der Waals surface area contributed by atoms with Gasteiger partial charge in [-0.3, -0.25) is 4.99 Å². The van der Waals surface area contributed by atoms with E-state index in [0.29, 0.717) is 23.7 Å². The molecule has 2 atom stereocenters. The van der Waals surface area contributed by atoms with E-state index in [1.807, 2.05) is 72.8 Å². The predicted molar refractivity (Wildman–Crippen MR) is 236 cm³/mol. The van der Waals surface area contributed by atoms with E-state index < -0.39 is 42.3 Å². The number of methoxy groups -OCH3 is 1. The topological polar surface area (TPSA) is 202 Å². The Morgan fingerprint density at radius 2 is 1.14 bits per heavy atom. The van der Waals surface area contributed by atoms with E-state index in [2.05, 4.69) is 15.2 Å². The zero-order valence-corrected chi connectivity index (χ0v) is 36.8. The normalized spacial score (nSPS) is 13.6. The Morgan fingerprint density at radius 1 is 0.702 bits per heavy atom. The van der Waals surface area contributed by atoms with Crippen molar-refractivity contribution in [2.24, 2.45) is 15.2 Å². The molecule has 0 radical (unpaired) electrons. The molecule has 2 unspecified atom stereocenters. The van der Waals surface area contributed by atoms with Gasteiger partial charge in [-0.15, -0.1) is 0 Å². The summed E-state index contributed by atoms with van der Waals surface area (Å²) in [5.41, 5.74) is 3.42. The molecule has 0 bridgehead atoms. The Bertz CT molecular complexity index is 2050. The fraction of sp³-hybridized carbons (Fsp3) is 0.229. The van der Waals surface area contributed by atoms with Gasteiger partial charge in [0.1, 0.15) is 17.2 Å². The van der Waals surface area contributed by atoms with Gasteiger partial charge < -0.3 is 14.0 Å². The summed E-state index contributed by atoms with van der Waals surface area (Å²) in [6.45, 7) is 0.212. The summed E-state index contributed by atoms with van der Waals surface area (Å²) >= 11 is 11.1. The van der Waals surface area contributed by atoms with E-state index in [1.54, 1.807) is 73.7 Å². The second-order valence-corrected chi connectivity index (χ2v) is 20.6. The third kappa shape index (κ3) is 17.8. The molecule has 0 saturated heterocycles. The summed E-state index contributed by atoms with van der Waals surface area (Å²) in [5.74, 6) is 2.59. The number of nitrogens with zero attached hydrogens (tertiary/aromatic N) is 6. The average molecular weight is 899 g/mol. The van der Waals surface area contributed by atoms with Crippen molar-refractivity contribution in [2.45, 2.75) is 6.42 Å². The van der Waals surface area contributed by atoms with Crippen molar-refractivity contribution in [1.29, 1.82) is 0 Å². The predicted octanol–water partition coefficient (Wildman–Crippen LogP) is 5.26. The zero-order chi connectivity index (χ0) is 41.4. The van der Waals surface area contributed by atoms with E-state index in [0.717, 1.165) is 32.9 Å². The van der Waals surface area contributed by atoms with Crippen LogP contribution in [0.15, 0.2) is 112 Å². The second-order valence-electron chi connectivity index (χ2n) is 12.3. The largest absolute Gasteiger partial charge is 0.0498 e. The fourth-order valence-electron chi connectivity index (χ4n) is 4.72. The SMILES string of the molecule is COc1ccc(/C=N/N(C)[PH](=S)Oc2ccc(C=NCOc3ccc(/C=N/N(C)[PH](=S)Oc4ccc(CCN(CP(=O)(O)O)C[PH](O)(O)O)cc4)cc3)cc2)cc1. The van der Waals surface area contributed by atoms with Gasteiger partial charge in [0.15, 0.2) is 6.73 Å². The monoisotopic (exact) mass is 898 g/mol. The van der Waals surface area contributed by atoms with Crippen LogP contribution in [-0.2, 0) is 34.6 Å². The Labute approximate surface area is 343 Å². The number of rotatable bonds is 22. The van der Waals surface area contributed by atoms with Gasteiger partial charge in [-0.1, -0.05) is 0 Å². The maximum absolute atomic E-state index is 11.4. The minimum atomic E-state index is -4.54. The van der Waals surface area contributed by atoms with Crippen LogP contribution in [0.4, 0.5) is 0 Å². The number of ether oxygens (including phenoxy) is 2. The minimum Gasteiger partial charge on any atom is -0.0498 e. The zero-order valence-electron chi connectivity index (χ0n) is 31.2. The van der Waals surface area contributed by atoms with E-state index in [-0.39, 0.29) is 13.3 Å². The van der Waals surface area contributed by atoms with Crippen LogP contribution < -0.4 is 18.5 Å². The van der Waals surface area contributed by atoms with Crippen molar-refractivity contribution in [1.82, 2.24) is 14.5 Å².